The number of nitrogens with one attached hydrogen (secondary N) is 1. The van der Waals surface area contributed by atoms with Crippen molar-refractivity contribution in [1.82, 2.24) is 10.2 Å². The highest BCUT2D eigenvalue weighted by Gasteiger charge is 2.34. The minimum absolute atomic E-state index is 0.0162. The summed E-state index contributed by atoms with van der Waals surface area (Å²) in [5, 5.41) is 3.64. The Balaban J connectivity index is 2.53. The molecule has 1 N–H and O–H groups in total. The number of hydrogen-bond donors (Lipinski definition) is 1. The first kappa shape index (κ1) is 17.9. The Labute approximate surface area is 126 Å². The molecule has 1 rings (SSSR count). The van der Waals surface area contributed by atoms with Crippen LogP contribution in [-0.4, -0.2) is 49.3 Å². The van der Waals surface area contributed by atoms with Gasteiger partial charge >= 0.3 is 0 Å². The molecule has 20 heavy (non-hydrogen) atoms. The third kappa shape index (κ3) is 6.11. The van der Waals surface area contributed by atoms with E-state index < -0.39 is 0 Å². The van der Waals surface area contributed by atoms with Crippen LogP contribution in [0.4, 0.5) is 0 Å². The van der Waals surface area contributed by atoms with E-state index in [4.69, 9.17) is 4.74 Å². The molecule has 0 aliphatic carbocycles. The first-order chi connectivity index (χ1) is 9.16. The predicted octanol–water partition coefficient (Wildman–Crippen LogP) is 3.15. The molecule has 1 fully saturated rings. The second kappa shape index (κ2) is 7.24. The van der Waals surface area contributed by atoms with Gasteiger partial charge in [-0.25, -0.2) is 0 Å². The van der Waals surface area contributed by atoms with Crippen LogP contribution in [0, 0.1) is 11.3 Å². The van der Waals surface area contributed by atoms with E-state index in [1.807, 2.05) is 0 Å². The SMILES string of the molecule is CCC(C)(CNCC(C)C)CN1CC(C)OC(C)(C)C1. The zero-order valence-corrected chi connectivity index (χ0v) is 14.8. The highest BCUT2D eigenvalue weighted by Crippen LogP contribution is 2.27. The van der Waals surface area contributed by atoms with Crippen LogP contribution in [-0.2, 0) is 4.74 Å². The van der Waals surface area contributed by atoms with E-state index in [1.165, 1.54) is 6.42 Å². The van der Waals surface area contributed by atoms with E-state index >= 15 is 0 Å². The molecule has 0 amide bonds. The second-order valence-corrected chi connectivity index (χ2v) is 8.05. The van der Waals surface area contributed by atoms with Crippen LogP contribution in [0.3, 0.4) is 0 Å². The van der Waals surface area contributed by atoms with Gasteiger partial charge in [-0.15, -0.1) is 0 Å². The van der Waals surface area contributed by atoms with E-state index in [-0.39, 0.29) is 5.60 Å². The minimum atomic E-state index is -0.0162. The molecular formula is C17H36N2O. The summed E-state index contributed by atoms with van der Waals surface area (Å²) in [6.07, 6.45) is 1.55. The summed E-state index contributed by atoms with van der Waals surface area (Å²) in [5.74, 6) is 0.721. The van der Waals surface area contributed by atoms with Crippen LogP contribution < -0.4 is 5.32 Å². The van der Waals surface area contributed by atoms with Gasteiger partial charge in [0.1, 0.15) is 0 Å². The van der Waals surface area contributed by atoms with Crippen LogP contribution in [0.15, 0.2) is 0 Å². The van der Waals surface area contributed by atoms with Crippen molar-refractivity contribution in [2.24, 2.45) is 11.3 Å². The lowest BCUT2D eigenvalue weighted by molar-refractivity contribution is -0.134. The monoisotopic (exact) mass is 284 g/mol. The average Bonchev–Trinajstić information content (AvgIpc) is 2.25. The number of ether oxygens (including phenoxy) is 1. The van der Waals surface area contributed by atoms with Gasteiger partial charge in [0.05, 0.1) is 11.7 Å². The normalized spacial score (nSPS) is 26.7. The van der Waals surface area contributed by atoms with E-state index in [2.05, 4.69) is 58.7 Å². The molecule has 2 atom stereocenters. The van der Waals surface area contributed by atoms with Gasteiger partial charge in [-0.3, -0.25) is 4.90 Å². The van der Waals surface area contributed by atoms with E-state index in [0.29, 0.717) is 11.5 Å². The molecule has 1 saturated heterocycles. The topological polar surface area (TPSA) is 24.5 Å². The third-order valence-corrected chi connectivity index (χ3v) is 4.20. The predicted molar refractivity (Wildman–Crippen MR) is 87.2 cm³/mol. The summed E-state index contributed by atoms with van der Waals surface area (Å²) in [6.45, 7) is 21.3. The fraction of sp³-hybridized carbons (Fsp3) is 1.00. The van der Waals surface area contributed by atoms with Gasteiger partial charge in [0.25, 0.3) is 0 Å². The van der Waals surface area contributed by atoms with Crippen molar-refractivity contribution in [2.45, 2.75) is 66.6 Å². The van der Waals surface area contributed by atoms with Gasteiger partial charge in [0.15, 0.2) is 0 Å². The maximum Gasteiger partial charge on any atom is 0.0757 e. The molecule has 0 spiro atoms. The number of morpholine rings is 1. The van der Waals surface area contributed by atoms with Gasteiger partial charge in [-0.2, -0.15) is 0 Å². The van der Waals surface area contributed by atoms with Crippen LogP contribution >= 0.6 is 0 Å². The molecule has 0 bridgehead atoms. The van der Waals surface area contributed by atoms with Crippen LogP contribution in [0.5, 0.6) is 0 Å². The molecule has 1 aliphatic rings. The fourth-order valence-electron chi connectivity index (χ4n) is 3.20. The Kier molecular flexibility index (Phi) is 6.49. The summed E-state index contributed by atoms with van der Waals surface area (Å²) in [5.41, 5.74) is 0.333. The van der Waals surface area contributed by atoms with Crippen molar-refractivity contribution in [3.05, 3.63) is 0 Å². The molecule has 3 heteroatoms. The first-order valence-electron chi connectivity index (χ1n) is 8.27. The molecule has 120 valence electrons. The largest absolute Gasteiger partial charge is 0.370 e. The van der Waals surface area contributed by atoms with Crippen LogP contribution in [0.25, 0.3) is 0 Å². The molecule has 1 heterocycles. The molecule has 0 aromatic rings. The second-order valence-electron chi connectivity index (χ2n) is 8.05. The molecule has 3 nitrogen and oxygen atoms in total. The molecular weight excluding hydrogens is 248 g/mol. The summed E-state index contributed by atoms with van der Waals surface area (Å²) in [6, 6.07) is 0. The quantitative estimate of drug-likeness (QED) is 0.777. The van der Waals surface area contributed by atoms with Crippen molar-refractivity contribution in [1.29, 1.82) is 0 Å². The zero-order chi connectivity index (χ0) is 15.4. The Hall–Kier alpha value is -0.120. The van der Waals surface area contributed by atoms with Crippen molar-refractivity contribution >= 4 is 0 Å². The van der Waals surface area contributed by atoms with Gasteiger partial charge in [0.2, 0.25) is 0 Å². The minimum Gasteiger partial charge on any atom is -0.370 e. The van der Waals surface area contributed by atoms with Gasteiger partial charge in [-0.05, 0) is 45.1 Å². The highest BCUT2D eigenvalue weighted by molar-refractivity contribution is 4.87. The van der Waals surface area contributed by atoms with Crippen molar-refractivity contribution < 1.29 is 4.74 Å². The van der Waals surface area contributed by atoms with Crippen molar-refractivity contribution in [2.75, 3.05) is 32.7 Å². The van der Waals surface area contributed by atoms with Crippen molar-refractivity contribution in [3.8, 4) is 0 Å². The maximum atomic E-state index is 6.01. The average molecular weight is 284 g/mol. The Morgan fingerprint density at radius 3 is 2.55 bits per heavy atom. The lowest BCUT2D eigenvalue weighted by Crippen LogP contribution is -2.55. The van der Waals surface area contributed by atoms with Crippen LogP contribution in [0.2, 0.25) is 0 Å². The summed E-state index contributed by atoms with van der Waals surface area (Å²) >= 11 is 0. The Morgan fingerprint density at radius 2 is 2.05 bits per heavy atom. The molecule has 0 aromatic heterocycles. The van der Waals surface area contributed by atoms with Gasteiger partial charge in [-0.1, -0.05) is 27.7 Å². The standard InChI is InChI=1S/C17H36N2O/c1-8-17(7,11-18-9-14(2)3)13-19-10-15(4)20-16(5,6)12-19/h14-15,18H,8-13H2,1-7H3. The van der Waals surface area contributed by atoms with Gasteiger partial charge in [0, 0.05) is 26.2 Å². The van der Waals surface area contributed by atoms with Crippen molar-refractivity contribution in [3.63, 3.8) is 0 Å². The highest BCUT2D eigenvalue weighted by atomic mass is 16.5. The molecule has 2 unspecified atom stereocenters. The number of hydrogen-bond acceptors (Lipinski definition) is 3. The molecule has 1 aliphatic heterocycles. The number of rotatable bonds is 7. The lowest BCUT2D eigenvalue weighted by atomic mass is 9.86. The Bertz CT molecular complexity index is 291. The van der Waals surface area contributed by atoms with E-state index in [9.17, 15) is 0 Å². The molecule has 0 aromatic carbocycles. The fourth-order valence-corrected chi connectivity index (χ4v) is 3.20. The third-order valence-electron chi connectivity index (χ3n) is 4.20. The summed E-state index contributed by atoms with van der Waals surface area (Å²) in [7, 11) is 0. The summed E-state index contributed by atoms with van der Waals surface area (Å²) in [4.78, 5) is 2.59. The lowest BCUT2D eigenvalue weighted by Gasteiger charge is -2.45. The Morgan fingerprint density at radius 1 is 1.40 bits per heavy atom. The molecule has 0 radical (unpaired) electrons. The first-order valence-corrected chi connectivity index (χ1v) is 8.27. The van der Waals surface area contributed by atoms with E-state index in [1.54, 1.807) is 0 Å². The summed E-state index contributed by atoms with van der Waals surface area (Å²) < 4.78 is 6.01. The van der Waals surface area contributed by atoms with Crippen LogP contribution in [0.1, 0.15) is 54.9 Å². The smallest absolute Gasteiger partial charge is 0.0757 e. The maximum absolute atomic E-state index is 6.01. The zero-order valence-electron chi connectivity index (χ0n) is 14.8. The number of nitrogens with zero attached hydrogens (tertiary/aromatic N) is 1. The molecule has 0 saturated carbocycles. The van der Waals surface area contributed by atoms with Gasteiger partial charge < -0.3 is 10.1 Å². The van der Waals surface area contributed by atoms with E-state index in [0.717, 1.165) is 38.6 Å².